The van der Waals surface area contributed by atoms with Gasteiger partial charge in [0.25, 0.3) is 11.8 Å². The summed E-state index contributed by atoms with van der Waals surface area (Å²) in [5, 5.41) is 3.40. The second kappa shape index (κ2) is 8.41. The average molecular weight is 395 g/mol. The van der Waals surface area contributed by atoms with Crippen LogP contribution in [0.4, 0.5) is 5.00 Å². The molecule has 3 aromatic rings. The number of carbonyl (C=O) groups excluding carboxylic acids is 2. The molecule has 0 spiro atoms. The summed E-state index contributed by atoms with van der Waals surface area (Å²) >= 11 is 1.29. The van der Waals surface area contributed by atoms with E-state index in [0.717, 1.165) is 19.6 Å². The number of rotatable bonds is 5. The van der Waals surface area contributed by atoms with Gasteiger partial charge in [-0.1, -0.05) is 30.3 Å². The van der Waals surface area contributed by atoms with E-state index in [1.165, 1.54) is 23.2 Å². The van der Waals surface area contributed by atoms with Gasteiger partial charge in [0.2, 0.25) is 0 Å². The third kappa shape index (κ3) is 4.32. The number of nitrogens with one attached hydrogen (secondary N) is 1. The van der Waals surface area contributed by atoms with Gasteiger partial charge in [0.1, 0.15) is 0 Å². The molecule has 0 atom stereocenters. The van der Waals surface area contributed by atoms with Crippen molar-refractivity contribution in [1.29, 1.82) is 0 Å². The van der Waals surface area contributed by atoms with Crippen molar-refractivity contribution in [1.82, 2.24) is 9.80 Å². The quantitative estimate of drug-likeness (QED) is 0.718. The largest absolute Gasteiger partial charge is 0.459 e. The van der Waals surface area contributed by atoms with E-state index >= 15 is 0 Å². The van der Waals surface area contributed by atoms with Gasteiger partial charge in [-0.05, 0) is 29.8 Å². The van der Waals surface area contributed by atoms with Gasteiger partial charge >= 0.3 is 0 Å². The lowest BCUT2D eigenvalue weighted by Crippen LogP contribution is -2.48. The minimum absolute atomic E-state index is 0.0165. The minimum atomic E-state index is -0.319. The molecular weight excluding hydrogens is 374 g/mol. The lowest BCUT2D eigenvalue weighted by atomic mass is 10.2. The Hall–Kier alpha value is -2.90. The highest BCUT2D eigenvalue weighted by Crippen LogP contribution is 2.24. The van der Waals surface area contributed by atoms with Crippen molar-refractivity contribution in [3.05, 3.63) is 77.1 Å². The number of amides is 2. The van der Waals surface area contributed by atoms with Gasteiger partial charge in [-0.25, -0.2) is 0 Å². The van der Waals surface area contributed by atoms with Crippen molar-refractivity contribution in [3.8, 4) is 0 Å². The third-order valence-corrected chi connectivity index (χ3v) is 5.70. The maximum atomic E-state index is 12.8. The monoisotopic (exact) mass is 395 g/mol. The fraction of sp³-hybridized carbons (Fsp3) is 0.238. The second-order valence-corrected chi connectivity index (χ2v) is 7.73. The Balaban J connectivity index is 1.30. The first-order valence-corrected chi connectivity index (χ1v) is 10.0. The number of nitrogens with zero attached hydrogens (tertiary/aromatic N) is 2. The Morgan fingerprint density at radius 3 is 2.46 bits per heavy atom. The van der Waals surface area contributed by atoms with Crippen LogP contribution >= 0.6 is 11.3 Å². The molecule has 0 radical (unpaired) electrons. The maximum Gasteiger partial charge on any atom is 0.291 e. The van der Waals surface area contributed by atoms with Crippen LogP contribution < -0.4 is 5.32 Å². The smallest absolute Gasteiger partial charge is 0.291 e. The van der Waals surface area contributed by atoms with Gasteiger partial charge in [-0.2, -0.15) is 0 Å². The zero-order valence-electron chi connectivity index (χ0n) is 15.3. The standard InChI is InChI=1S/C21H21N3O3S/c25-20(17-7-4-14-27-17)22-19-9-8-18(28-19)21(26)24-12-10-23(11-13-24)15-16-5-2-1-3-6-16/h1-9,14H,10-13,15H2,(H,22,25). The van der Waals surface area contributed by atoms with Gasteiger partial charge in [0.15, 0.2) is 5.76 Å². The van der Waals surface area contributed by atoms with Crippen LogP contribution in [-0.2, 0) is 6.54 Å². The summed E-state index contributed by atoms with van der Waals surface area (Å²) in [5.74, 6) is -0.0564. The van der Waals surface area contributed by atoms with Gasteiger partial charge in [0, 0.05) is 32.7 Å². The SMILES string of the molecule is O=C(Nc1ccc(C(=O)N2CCN(Cc3ccccc3)CC2)s1)c1ccco1. The average Bonchev–Trinajstić information content (AvgIpc) is 3.41. The second-order valence-electron chi connectivity index (χ2n) is 6.65. The molecule has 1 aromatic carbocycles. The van der Waals surface area contributed by atoms with Crippen LogP contribution in [0.2, 0.25) is 0 Å². The van der Waals surface area contributed by atoms with Gasteiger partial charge in [-0.3, -0.25) is 14.5 Å². The van der Waals surface area contributed by atoms with Gasteiger partial charge < -0.3 is 14.6 Å². The number of hydrogen-bond acceptors (Lipinski definition) is 5. The van der Waals surface area contributed by atoms with Crippen LogP contribution in [0.25, 0.3) is 0 Å². The topological polar surface area (TPSA) is 65.8 Å². The van der Waals surface area contributed by atoms with Crippen molar-refractivity contribution in [3.63, 3.8) is 0 Å². The Morgan fingerprint density at radius 2 is 1.75 bits per heavy atom. The van der Waals surface area contributed by atoms with Crippen LogP contribution in [0, 0.1) is 0 Å². The Morgan fingerprint density at radius 1 is 0.964 bits per heavy atom. The number of carbonyl (C=O) groups is 2. The van der Waals surface area contributed by atoms with Crippen LogP contribution in [-0.4, -0.2) is 47.8 Å². The molecule has 0 bridgehead atoms. The summed E-state index contributed by atoms with van der Waals surface area (Å²) < 4.78 is 5.08. The van der Waals surface area contributed by atoms with Gasteiger partial charge in [-0.15, -0.1) is 11.3 Å². The molecule has 7 heteroatoms. The normalized spacial score (nSPS) is 14.8. The number of piperazine rings is 1. The van der Waals surface area contributed by atoms with E-state index in [2.05, 4.69) is 22.3 Å². The molecule has 0 unspecified atom stereocenters. The van der Waals surface area contributed by atoms with E-state index in [1.54, 1.807) is 24.3 Å². The summed E-state index contributed by atoms with van der Waals surface area (Å²) in [6.45, 7) is 4.03. The molecule has 1 fully saturated rings. The van der Waals surface area contributed by atoms with Crippen LogP contribution in [0.1, 0.15) is 25.8 Å². The predicted molar refractivity (Wildman–Crippen MR) is 109 cm³/mol. The summed E-state index contributed by atoms with van der Waals surface area (Å²) in [6.07, 6.45) is 1.45. The van der Waals surface area contributed by atoms with Crippen LogP contribution in [0.15, 0.2) is 65.3 Å². The Labute approximate surface area is 167 Å². The highest BCUT2D eigenvalue weighted by Gasteiger charge is 2.23. The molecule has 2 aromatic heterocycles. The van der Waals surface area contributed by atoms with Crippen molar-refractivity contribution in [2.45, 2.75) is 6.54 Å². The molecule has 1 saturated heterocycles. The molecule has 4 rings (SSSR count). The summed E-state index contributed by atoms with van der Waals surface area (Å²) in [6, 6.07) is 17.2. The molecule has 6 nitrogen and oxygen atoms in total. The summed E-state index contributed by atoms with van der Waals surface area (Å²) in [5.41, 5.74) is 1.29. The molecular formula is C21H21N3O3S. The number of thiophene rings is 1. The van der Waals surface area contributed by atoms with Crippen molar-refractivity contribution < 1.29 is 14.0 Å². The van der Waals surface area contributed by atoms with Crippen molar-refractivity contribution >= 4 is 28.2 Å². The third-order valence-electron chi connectivity index (χ3n) is 4.71. The van der Waals surface area contributed by atoms with Crippen molar-refractivity contribution in [2.75, 3.05) is 31.5 Å². The number of furan rings is 1. The fourth-order valence-corrected chi connectivity index (χ4v) is 4.08. The molecule has 0 saturated carbocycles. The zero-order valence-corrected chi connectivity index (χ0v) is 16.2. The van der Waals surface area contributed by atoms with Gasteiger partial charge in [0.05, 0.1) is 16.1 Å². The van der Waals surface area contributed by atoms with E-state index in [0.29, 0.717) is 23.0 Å². The van der Waals surface area contributed by atoms with Crippen LogP contribution in [0.5, 0.6) is 0 Å². The molecule has 144 valence electrons. The molecule has 3 heterocycles. The van der Waals surface area contributed by atoms with E-state index in [9.17, 15) is 9.59 Å². The first-order valence-electron chi connectivity index (χ1n) is 9.19. The molecule has 28 heavy (non-hydrogen) atoms. The number of hydrogen-bond donors (Lipinski definition) is 1. The molecule has 1 aliphatic heterocycles. The minimum Gasteiger partial charge on any atom is -0.459 e. The highest BCUT2D eigenvalue weighted by atomic mass is 32.1. The molecule has 2 amide bonds. The summed E-state index contributed by atoms with van der Waals surface area (Å²) in [4.78, 5) is 29.7. The lowest BCUT2D eigenvalue weighted by Gasteiger charge is -2.34. The molecule has 1 N–H and O–H groups in total. The fourth-order valence-electron chi connectivity index (χ4n) is 3.21. The lowest BCUT2D eigenvalue weighted by molar-refractivity contribution is 0.0633. The number of benzene rings is 1. The summed E-state index contributed by atoms with van der Waals surface area (Å²) in [7, 11) is 0. The number of anilines is 1. The van der Waals surface area contributed by atoms with Crippen LogP contribution in [0.3, 0.4) is 0 Å². The molecule has 1 aliphatic rings. The maximum absolute atomic E-state index is 12.8. The first-order chi connectivity index (χ1) is 13.7. The molecule has 0 aliphatic carbocycles. The predicted octanol–water partition coefficient (Wildman–Crippen LogP) is 3.55. The highest BCUT2D eigenvalue weighted by molar-refractivity contribution is 7.18. The van der Waals surface area contributed by atoms with Crippen molar-refractivity contribution in [2.24, 2.45) is 0 Å². The zero-order chi connectivity index (χ0) is 19.3. The van der Waals surface area contributed by atoms with E-state index in [4.69, 9.17) is 4.42 Å². The van der Waals surface area contributed by atoms with E-state index in [1.807, 2.05) is 23.1 Å². The Kier molecular flexibility index (Phi) is 5.55. The Bertz CT molecular complexity index is 929. The first kappa shape index (κ1) is 18.5. The van der Waals surface area contributed by atoms with E-state index < -0.39 is 0 Å². The van der Waals surface area contributed by atoms with E-state index in [-0.39, 0.29) is 17.6 Å².